The average Bonchev–Trinajstić information content (AvgIpc) is 2.95. The summed E-state index contributed by atoms with van der Waals surface area (Å²) in [6, 6.07) is -0.875. The molecule has 0 aliphatic carbocycles. The molecule has 7 nitrogen and oxygen atoms in total. The van der Waals surface area contributed by atoms with E-state index in [1.807, 2.05) is 0 Å². The first-order chi connectivity index (χ1) is 19.9. The Bertz CT molecular complexity index is 747. The summed E-state index contributed by atoms with van der Waals surface area (Å²) in [7, 11) is 0. The van der Waals surface area contributed by atoms with Crippen LogP contribution in [0.2, 0.25) is 0 Å². The number of nitrogens with one attached hydrogen (secondary N) is 1. The zero-order valence-electron chi connectivity index (χ0n) is 26.1. The Morgan fingerprint density at radius 3 is 1.98 bits per heavy atom. The summed E-state index contributed by atoms with van der Waals surface area (Å²) >= 11 is 0. The first-order valence-electron chi connectivity index (χ1n) is 16.3. The van der Waals surface area contributed by atoms with E-state index in [0.717, 1.165) is 83.5 Å². The molecule has 236 valence electrons. The molecule has 0 spiro atoms. The summed E-state index contributed by atoms with van der Waals surface area (Å²) in [5.74, 6) is -1.36. The van der Waals surface area contributed by atoms with Crippen LogP contribution in [0.1, 0.15) is 142 Å². The van der Waals surface area contributed by atoms with Crippen molar-refractivity contribution in [1.82, 2.24) is 5.32 Å². The Labute approximate surface area is 250 Å². The maximum Gasteiger partial charge on any atom is 0.326 e. The maximum absolute atomic E-state index is 12.5. The van der Waals surface area contributed by atoms with Gasteiger partial charge in [-0.25, -0.2) is 4.79 Å². The molecule has 0 bridgehead atoms. The molecule has 41 heavy (non-hydrogen) atoms. The Morgan fingerprint density at radius 2 is 1.34 bits per heavy atom. The van der Waals surface area contributed by atoms with Gasteiger partial charge < -0.3 is 20.9 Å². The van der Waals surface area contributed by atoms with Crippen LogP contribution in [0.25, 0.3) is 0 Å². The van der Waals surface area contributed by atoms with E-state index in [0.29, 0.717) is 38.6 Å². The van der Waals surface area contributed by atoms with Gasteiger partial charge in [0.05, 0.1) is 0 Å². The highest BCUT2D eigenvalue weighted by molar-refractivity contribution is 5.83. The second-order valence-corrected chi connectivity index (χ2v) is 10.8. The number of nitrogens with two attached hydrogens (primary N) is 1. The number of carboxylic acids is 1. The van der Waals surface area contributed by atoms with Gasteiger partial charge in [0.25, 0.3) is 0 Å². The molecule has 0 heterocycles. The van der Waals surface area contributed by atoms with Crippen molar-refractivity contribution in [3.05, 3.63) is 36.5 Å². The second kappa shape index (κ2) is 29.1. The van der Waals surface area contributed by atoms with Crippen molar-refractivity contribution in [2.24, 2.45) is 5.73 Å². The molecule has 0 aliphatic rings. The topological polar surface area (TPSA) is 119 Å². The molecule has 0 aromatic heterocycles. The standard InChI is InChI=1S/C34H60N2O5/c1-3-5-7-9-10-11-12-13-14-15-16-17-22-28-33(38)41-30(24-19-8-6-4-2)25-20-18-21-27-32(37)36-31(34(39)40)26-23-29-35/h5,7,10-11,13-14,30-31H,3-4,6,8-9,12,15-29,35H2,1-2H3,(H,36,37)(H,39,40)/b7-5-,11-10-,14-13-. The fraction of sp³-hybridized carbons (Fsp3) is 0.735. The van der Waals surface area contributed by atoms with Gasteiger partial charge >= 0.3 is 11.9 Å². The number of rotatable bonds is 28. The number of hydrogen-bond donors (Lipinski definition) is 3. The fourth-order valence-corrected chi connectivity index (χ4v) is 4.52. The Morgan fingerprint density at radius 1 is 0.732 bits per heavy atom. The quantitative estimate of drug-likeness (QED) is 0.0494. The minimum atomic E-state index is -1.02. The molecule has 0 saturated heterocycles. The summed E-state index contributed by atoms with van der Waals surface area (Å²) < 4.78 is 5.86. The average molecular weight is 577 g/mol. The molecule has 0 saturated carbocycles. The Kier molecular flexibility index (Phi) is 27.4. The Hall–Kier alpha value is -2.41. The molecular weight excluding hydrogens is 516 g/mol. The van der Waals surface area contributed by atoms with Crippen LogP contribution in [0.4, 0.5) is 0 Å². The largest absolute Gasteiger partial charge is 0.480 e. The third kappa shape index (κ3) is 26.2. The van der Waals surface area contributed by atoms with Crippen molar-refractivity contribution in [3.63, 3.8) is 0 Å². The van der Waals surface area contributed by atoms with Crippen LogP contribution < -0.4 is 11.1 Å². The van der Waals surface area contributed by atoms with Crippen molar-refractivity contribution in [1.29, 1.82) is 0 Å². The van der Waals surface area contributed by atoms with Crippen molar-refractivity contribution in [3.8, 4) is 0 Å². The highest BCUT2D eigenvalue weighted by atomic mass is 16.5. The lowest BCUT2D eigenvalue weighted by molar-refractivity contribution is -0.150. The molecule has 2 atom stereocenters. The highest BCUT2D eigenvalue weighted by Gasteiger charge is 2.19. The first kappa shape index (κ1) is 38.6. The molecule has 1 amide bonds. The van der Waals surface area contributed by atoms with Crippen LogP contribution in [0, 0.1) is 0 Å². The number of allylic oxidation sites excluding steroid dienone is 6. The minimum absolute atomic E-state index is 0.0608. The minimum Gasteiger partial charge on any atom is -0.480 e. The summed E-state index contributed by atoms with van der Waals surface area (Å²) in [6.07, 6.45) is 30.6. The van der Waals surface area contributed by atoms with E-state index in [4.69, 9.17) is 10.5 Å². The van der Waals surface area contributed by atoms with Gasteiger partial charge in [-0.1, -0.05) is 82.4 Å². The summed E-state index contributed by atoms with van der Waals surface area (Å²) in [6.45, 7) is 4.73. The van der Waals surface area contributed by atoms with Gasteiger partial charge in [-0.15, -0.1) is 0 Å². The van der Waals surface area contributed by atoms with Crippen molar-refractivity contribution in [2.45, 2.75) is 154 Å². The van der Waals surface area contributed by atoms with Gasteiger partial charge in [0.15, 0.2) is 0 Å². The number of esters is 1. The number of carboxylic acid groups (broad SMARTS) is 1. The third-order valence-corrected chi connectivity index (χ3v) is 6.97. The fourth-order valence-electron chi connectivity index (χ4n) is 4.52. The van der Waals surface area contributed by atoms with E-state index in [2.05, 4.69) is 55.6 Å². The molecule has 0 aromatic rings. The van der Waals surface area contributed by atoms with Crippen LogP contribution in [-0.4, -0.2) is 41.6 Å². The lowest BCUT2D eigenvalue weighted by Gasteiger charge is -2.18. The SMILES string of the molecule is CC/C=C\C/C=C\C/C=C\CCCCCC(=O)OC(CCCCCC)CCCCCC(=O)NC(CCCN)C(=O)O. The molecule has 2 unspecified atom stereocenters. The molecule has 0 aromatic carbocycles. The van der Waals surface area contributed by atoms with E-state index < -0.39 is 12.0 Å². The van der Waals surface area contributed by atoms with Crippen LogP contribution in [0.3, 0.4) is 0 Å². The number of carbonyl (C=O) groups excluding carboxylic acids is 2. The monoisotopic (exact) mass is 576 g/mol. The summed E-state index contributed by atoms with van der Waals surface area (Å²) in [5.41, 5.74) is 5.45. The molecule has 0 rings (SSSR count). The van der Waals surface area contributed by atoms with Gasteiger partial charge in [0.1, 0.15) is 12.1 Å². The third-order valence-electron chi connectivity index (χ3n) is 6.97. The number of carbonyl (C=O) groups is 3. The van der Waals surface area contributed by atoms with E-state index in [1.54, 1.807) is 0 Å². The van der Waals surface area contributed by atoms with Gasteiger partial charge in [-0.05, 0) is 90.0 Å². The molecule has 4 N–H and O–H groups in total. The molecule has 0 aliphatic heterocycles. The highest BCUT2D eigenvalue weighted by Crippen LogP contribution is 2.17. The smallest absolute Gasteiger partial charge is 0.326 e. The Balaban J connectivity index is 4.21. The lowest BCUT2D eigenvalue weighted by atomic mass is 10.0. The number of unbranched alkanes of at least 4 members (excludes halogenated alkanes) is 8. The zero-order valence-corrected chi connectivity index (χ0v) is 26.1. The number of aliphatic carboxylic acids is 1. The number of amides is 1. The molecule has 7 heteroatoms. The maximum atomic E-state index is 12.5. The van der Waals surface area contributed by atoms with E-state index >= 15 is 0 Å². The van der Waals surface area contributed by atoms with Gasteiger partial charge in [-0.2, -0.15) is 0 Å². The normalized spacial score (nSPS) is 13.2. The predicted molar refractivity (Wildman–Crippen MR) is 170 cm³/mol. The predicted octanol–water partition coefficient (Wildman–Crippen LogP) is 7.94. The number of ether oxygens (including phenoxy) is 1. The van der Waals surface area contributed by atoms with E-state index in [-0.39, 0.29) is 18.0 Å². The molecular formula is C34H60N2O5. The second-order valence-electron chi connectivity index (χ2n) is 10.8. The van der Waals surface area contributed by atoms with Gasteiger partial charge in [0, 0.05) is 12.8 Å². The number of hydrogen-bond acceptors (Lipinski definition) is 5. The zero-order chi connectivity index (χ0) is 30.4. The molecule has 0 radical (unpaired) electrons. The summed E-state index contributed by atoms with van der Waals surface area (Å²) in [5, 5.41) is 11.8. The van der Waals surface area contributed by atoms with Gasteiger partial charge in [0.2, 0.25) is 5.91 Å². The van der Waals surface area contributed by atoms with Crippen molar-refractivity contribution < 1.29 is 24.2 Å². The van der Waals surface area contributed by atoms with Gasteiger partial charge in [-0.3, -0.25) is 9.59 Å². The van der Waals surface area contributed by atoms with E-state index in [1.165, 1.54) is 12.8 Å². The summed E-state index contributed by atoms with van der Waals surface area (Å²) in [4.78, 5) is 35.9. The first-order valence-corrected chi connectivity index (χ1v) is 16.3. The van der Waals surface area contributed by atoms with Crippen LogP contribution in [-0.2, 0) is 19.1 Å². The van der Waals surface area contributed by atoms with Crippen molar-refractivity contribution >= 4 is 17.8 Å². The lowest BCUT2D eigenvalue weighted by Crippen LogP contribution is -2.40. The van der Waals surface area contributed by atoms with Crippen LogP contribution >= 0.6 is 0 Å². The van der Waals surface area contributed by atoms with Crippen LogP contribution in [0.15, 0.2) is 36.5 Å². The van der Waals surface area contributed by atoms with Crippen molar-refractivity contribution in [2.75, 3.05) is 6.54 Å². The van der Waals surface area contributed by atoms with Crippen LogP contribution in [0.5, 0.6) is 0 Å². The van der Waals surface area contributed by atoms with E-state index in [9.17, 15) is 19.5 Å². The molecule has 0 fully saturated rings.